The average Bonchev–Trinajstić information content (AvgIpc) is 2.45. The van der Waals surface area contributed by atoms with Crippen molar-refractivity contribution < 1.29 is 13.9 Å². The van der Waals surface area contributed by atoms with Crippen LogP contribution in [0.1, 0.15) is 10.4 Å². The van der Waals surface area contributed by atoms with Gasteiger partial charge in [0.2, 0.25) is 0 Å². The summed E-state index contributed by atoms with van der Waals surface area (Å²) in [6.07, 6.45) is 3.02. The molecule has 0 N–H and O–H groups in total. The van der Waals surface area contributed by atoms with E-state index in [4.69, 9.17) is 4.74 Å². The van der Waals surface area contributed by atoms with Gasteiger partial charge in [-0.15, -0.1) is 0 Å². The summed E-state index contributed by atoms with van der Waals surface area (Å²) in [5, 5.41) is 0.706. The van der Waals surface area contributed by atoms with Gasteiger partial charge < -0.3 is 4.74 Å². The van der Waals surface area contributed by atoms with Crippen molar-refractivity contribution in [1.82, 2.24) is 9.97 Å². The van der Waals surface area contributed by atoms with Crippen LogP contribution in [0.15, 0.2) is 41.8 Å². The second-order valence-electron chi connectivity index (χ2n) is 3.61. The van der Waals surface area contributed by atoms with Crippen LogP contribution in [0.3, 0.4) is 0 Å². The van der Waals surface area contributed by atoms with Crippen molar-refractivity contribution in [3.63, 3.8) is 0 Å². The van der Waals surface area contributed by atoms with Crippen molar-refractivity contribution in [2.75, 3.05) is 12.9 Å². The maximum atomic E-state index is 13.5. The van der Waals surface area contributed by atoms with Gasteiger partial charge in [-0.2, -0.15) is 0 Å². The maximum absolute atomic E-state index is 13.5. The number of methoxy groups -OCH3 is 1. The number of rotatable bonds is 5. The Kier molecular flexibility index (Phi) is 4.46. The molecule has 2 aromatic rings. The first-order valence-electron chi connectivity index (χ1n) is 5.46. The van der Waals surface area contributed by atoms with Crippen LogP contribution in [0.25, 0.3) is 0 Å². The molecule has 0 radical (unpaired) electrons. The van der Waals surface area contributed by atoms with Crippen molar-refractivity contribution in [1.29, 1.82) is 0 Å². The first kappa shape index (κ1) is 13.5. The third-order valence-electron chi connectivity index (χ3n) is 2.38. The Balaban J connectivity index is 2.02. The van der Waals surface area contributed by atoms with Crippen LogP contribution in [-0.2, 0) is 0 Å². The molecule has 6 heteroatoms. The summed E-state index contributed by atoms with van der Waals surface area (Å²) in [6, 6.07) is 5.89. The van der Waals surface area contributed by atoms with Crippen LogP contribution in [0.4, 0.5) is 4.39 Å². The van der Waals surface area contributed by atoms with Gasteiger partial charge in [0.1, 0.15) is 6.33 Å². The molecule has 0 aliphatic heterocycles. The highest BCUT2D eigenvalue weighted by atomic mass is 32.2. The Morgan fingerprint density at radius 3 is 2.89 bits per heavy atom. The average molecular weight is 278 g/mol. The van der Waals surface area contributed by atoms with E-state index in [1.165, 1.54) is 37.3 Å². The second-order valence-corrected chi connectivity index (χ2v) is 4.60. The molecule has 0 fully saturated rings. The zero-order valence-electron chi connectivity index (χ0n) is 10.2. The van der Waals surface area contributed by atoms with E-state index < -0.39 is 5.82 Å². The van der Waals surface area contributed by atoms with Crippen LogP contribution in [-0.4, -0.2) is 28.6 Å². The lowest BCUT2D eigenvalue weighted by atomic mass is 10.1. The number of nitrogens with zero attached hydrogens (tertiary/aromatic N) is 2. The van der Waals surface area contributed by atoms with Crippen molar-refractivity contribution in [2.24, 2.45) is 0 Å². The van der Waals surface area contributed by atoms with Crippen LogP contribution >= 0.6 is 11.8 Å². The summed E-state index contributed by atoms with van der Waals surface area (Å²) in [7, 11) is 1.38. The predicted octanol–water partition coefficient (Wildman–Crippen LogP) is 2.60. The van der Waals surface area contributed by atoms with E-state index >= 15 is 0 Å². The lowest BCUT2D eigenvalue weighted by molar-refractivity contribution is 0.102. The fourth-order valence-corrected chi connectivity index (χ4v) is 2.15. The molecule has 2 rings (SSSR count). The van der Waals surface area contributed by atoms with Crippen LogP contribution in [0, 0.1) is 5.82 Å². The van der Waals surface area contributed by atoms with Gasteiger partial charge in [-0.1, -0.05) is 11.8 Å². The van der Waals surface area contributed by atoms with Crippen molar-refractivity contribution in [3.8, 4) is 5.75 Å². The van der Waals surface area contributed by atoms with Gasteiger partial charge >= 0.3 is 0 Å². The minimum Gasteiger partial charge on any atom is -0.494 e. The number of aromatic nitrogens is 2. The molecule has 0 aliphatic rings. The molecule has 0 amide bonds. The Bertz CT molecular complexity index is 578. The van der Waals surface area contributed by atoms with E-state index in [1.54, 1.807) is 18.3 Å². The third-order valence-corrected chi connectivity index (χ3v) is 3.32. The number of thioether (sulfide) groups is 1. The second kappa shape index (κ2) is 6.29. The summed E-state index contributed by atoms with van der Waals surface area (Å²) >= 11 is 1.28. The van der Waals surface area contributed by atoms with E-state index in [-0.39, 0.29) is 17.3 Å². The molecular formula is C13H11FN2O2S. The highest BCUT2D eigenvalue weighted by Crippen LogP contribution is 2.20. The molecule has 0 spiro atoms. The lowest BCUT2D eigenvalue weighted by Crippen LogP contribution is -2.03. The van der Waals surface area contributed by atoms with Crippen LogP contribution in [0.2, 0.25) is 0 Å². The Hall–Kier alpha value is -1.95. The Labute approximate surface area is 114 Å². The molecule has 0 atom stereocenters. The number of benzene rings is 1. The minimum absolute atomic E-state index is 0.125. The molecule has 1 aromatic heterocycles. The molecular weight excluding hydrogens is 267 g/mol. The van der Waals surface area contributed by atoms with Crippen molar-refractivity contribution >= 4 is 17.5 Å². The zero-order chi connectivity index (χ0) is 13.7. The molecule has 0 saturated heterocycles. The molecule has 19 heavy (non-hydrogen) atoms. The molecule has 0 saturated carbocycles. The number of ether oxygens (including phenoxy) is 1. The molecule has 0 aliphatic carbocycles. The monoisotopic (exact) mass is 278 g/mol. The first-order valence-corrected chi connectivity index (χ1v) is 6.45. The lowest BCUT2D eigenvalue weighted by Gasteiger charge is -2.04. The molecule has 0 unspecified atom stereocenters. The van der Waals surface area contributed by atoms with Crippen LogP contribution < -0.4 is 4.74 Å². The molecule has 4 nitrogen and oxygen atoms in total. The molecule has 1 aromatic carbocycles. The number of hydrogen-bond donors (Lipinski definition) is 0. The van der Waals surface area contributed by atoms with Gasteiger partial charge in [-0.25, -0.2) is 14.4 Å². The number of halogens is 1. The maximum Gasteiger partial charge on any atom is 0.173 e. The van der Waals surface area contributed by atoms with Gasteiger partial charge in [0.25, 0.3) is 0 Å². The van der Waals surface area contributed by atoms with Gasteiger partial charge in [0.15, 0.2) is 17.3 Å². The minimum atomic E-state index is -0.541. The molecule has 98 valence electrons. The normalized spacial score (nSPS) is 10.2. The zero-order valence-corrected chi connectivity index (χ0v) is 11.0. The molecule has 0 bridgehead atoms. The standard InChI is InChI=1S/C13H11FN2O2S/c1-18-12-3-2-9(6-10(12)14)11(17)7-19-13-4-5-15-8-16-13/h2-6,8H,7H2,1H3. The number of carbonyl (C=O) groups excluding carboxylic acids is 1. The van der Waals surface area contributed by atoms with Gasteiger partial charge in [-0.05, 0) is 24.3 Å². The van der Waals surface area contributed by atoms with Gasteiger partial charge in [0, 0.05) is 11.8 Å². The summed E-state index contributed by atoms with van der Waals surface area (Å²) in [5.41, 5.74) is 0.319. The van der Waals surface area contributed by atoms with E-state index in [0.29, 0.717) is 10.6 Å². The smallest absolute Gasteiger partial charge is 0.173 e. The highest BCUT2D eigenvalue weighted by molar-refractivity contribution is 7.99. The number of carbonyl (C=O) groups is 1. The fraction of sp³-hybridized carbons (Fsp3) is 0.154. The number of hydrogen-bond acceptors (Lipinski definition) is 5. The van der Waals surface area contributed by atoms with E-state index in [9.17, 15) is 9.18 Å². The van der Waals surface area contributed by atoms with Crippen LogP contribution in [0.5, 0.6) is 5.75 Å². The van der Waals surface area contributed by atoms with Gasteiger partial charge in [-0.3, -0.25) is 4.79 Å². The SMILES string of the molecule is COc1ccc(C(=O)CSc2ccncn2)cc1F. The van der Waals surface area contributed by atoms with Crippen molar-refractivity contribution in [2.45, 2.75) is 5.03 Å². The first-order chi connectivity index (χ1) is 9.20. The quantitative estimate of drug-likeness (QED) is 0.478. The molecule has 1 heterocycles. The Morgan fingerprint density at radius 1 is 1.42 bits per heavy atom. The fourth-order valence-electron chi connectivity index (χ4n) is 1.43. The largest absolute Gasteiger partial charge is 0.494 e. The topological polar surface area (TPSA) is 52.1 Å². The predicted molar refractivity (Wildman–Crippen MR) is 70.0 cm³/mol. The van der Waals surface area contributed by atoms with E-state index in [1.807, 2.05) is 0 Å². The number of Topliss-reactive ketones (excluding diaryl/α,β-unsaturated/α-hetero) is 1. The summed E-state index contributed by atoms with van der Waals surface area (Å²) in [6.45, 7) is 0. The summed E-state index contributed by atoms with van der Waals surface area (Å²) in [5.74, 6) is -0.381. The van der Waals surface area contributed by atoms with Crippen molar-refractivity contribution in [3.05, 3.63) is 48.2 Å². The van der Waals surface area contributed by atoms with E-state index in [0.717, 1.165) is 0 Å². The van der Waals surface area contributed by atoms with Gasteiger partial charge in [0.05, 0.1) is 17.9 Å². The Morgan fingerprint density at radius 2 is 2.26 bits per heavy atom. The summed E-state index contributed by atoms with van der Waals surface area (Å²) in [4.78, 5) is 19.7. The highest BCUT2D eigenvalue weighted by Gasteiger charge is 2.10. The van der Waals surface area contributed by atoms with E-state index in [2.05, 4.69) is 9.97 Å². The summed E-state index contributed by atoms with van der Waals surface area (Å²) < 4.78 is 18.3. The number of ketones is 1. The third kappa shape index (κ3) is 3.51.